The third kappa shape index (κ3) is 6.94. The number of methoxy groups -OCH3 is 1. The number of esters is 1. The molecular weight excluding hydrogens is 328 g/mol. The van der Waals surface area contributed by atoms with Gasteiger partial charge in [-0.05, 0) is 25.3 Å². The van der Waals surface area contributed by atoms with Crippen LogP contribution in [0.15, 0.2) is 40.9 Å². The quantitative estimate of drug-likeness (QED) is 0.300. The standard InChI is InChI=1S/C17H22N2O4S/c1-13(12-23-14-7-5-4-6-8-14)19-16(24-3)15(11-18)17(20)22-10-9-21-2/h4-8,13,19H,9-10,12H2,1-3H3/b16-15+. The van der Waals surface area contributed by atoms with Crippen LogP contribution in [0.1, 0.15) is 6.92 Å². The smallest absolute Gasteiger partial charge is 0.351 e. The van der Waals surface area contributed by atoms with Gasteiger partial charge in [-0.15, -0.1) is 11.8 Å². The zero-order valence-corrected chi connectivity index (χ0v) is 14.9. The first-order valence-electron chi connectivity index (χ1n) is 7.41. The molecule has 1 rings (SSSR count). The van der Waals surface area contributed by atoms with E-state index in [-0.39, 0.29) is 24.8 Å². The number of hydrogen-bond acceptors (Lipinski definition) is 7. The van der Waals surface area contributed by atoms with Gasteiger partial charge in [-0.25, -0.2) is 4.79 Å². The predicted molar refractivity (Wildman–Crippen MR) is 93.5 cm³/mol. The summed E-state index contributed by atoms with van der Waals surface area (Å²) in [6.07, 6.45) is 1.78. The maximum Gasteiger partial charge on any atom is 0.351 e. The van der Waals surface area contributed by atoms with Crippen LogP contribution in [0.2, 0.25) is 0 Å². The van der Waals surface area contributed by atoms with Gasteiger partial charge in [0.25, 0.3) is 0 Å². The molecule has 0 amide bonds. The Hall–Kier alpha value is -2.17. The van der Waals surface area contributed by atoms with Crippen molar-refractivity contribution in [3.63, 3.8) is 0 Å². The first-order valence-corrected chi connectivity index (χ1v) is 8.63. The molecule has 0 saturated carbocycles. The Labute approximate surface area is 146 Å². The number of nitrogens with one attached hydrogen (secondary N) is 1. The lowest BCUT2D eigenvalue weighted by atomic mass is 10.3. The minimum absolute atomic E-state index is 0.0508. The predicted octanol–water partition coefficient (Wildman–Crippen LogP) is 2.33. The fourth-order valence-electron chi connectivity index (χ4n) is 1.72. The number of benzene rings is 1. The van der Waals surface area contributed by atoms with E-state index in [0.29, 0.717) is 11.6 Å². The summed E-state index contributed by atoms with van der Waals surface area (Å²) >= 11 is 1.28. The van der Waals surface area contributed by atoms with Crippen molar-refractivity contribution in [3.05, 3.63) is 40.9 Å². The largest absolute Gasteiger partial charge is 0.491 e. The van der Waals surface area contributed by atoms with Crippen LogP contribution in [0.4, 0.5) is 0 Å². The lowest BCUT2D eigenvalue weighted by Crippen LogP contribution is -2.32. The summed E-state index contributed by atoms with van der Waals surface area (Å²) in [4.78, 5) is 12.0. The van der Waals surface area contributed by atoms with Gasteiger partial charge in [0.1, 0.15) is 25.0 Å². The monoisotopic (exact) mass is 350 g/mol. The number of hydrogen-bond donors (Lipinski definition) is 1. The van der Waals surface area contributed by atoms with E-state index >= 15 is 0 Å². The Bertz CT molecular complexity index is 584. The Morgan fingerprint density at radius 2 is 2.04 bits per heavy atom. The van der Waals surface area contributed by atoms with E-state index in [1.165, 1.54) is 18.9 Å². The number of nitrogens with zero attached hydrogens (tertiary/aromatic N) is 1. The van der Waals surface area contributed by atoms with E-state index in [2.05, 4.69) is 5.32 Å². The molecule has 1 aromatic rings. The Morgan fingerprint density at radius 3 is 2.62 bits per heavy atom. The highest BCUT2D eigenvalue weighted by Gasteiger charge is 2.18. The van der Waals surface area contributed by atoms with E-state index in [1.54, 1.807) is 6.26 Å². The van der Waals surface area contributed by atoms with Gasteiger partial charge in [0, 0.05) is 7.11 Å². The minimum atomic E-state index is -0.664. The second-order valence-corrected chi connectivity index (χ2v) is 5.63. The summed E-state index contributed by atoms with van der Waals surface area (Å²) in [5.74, 6) is 0.0999. The average molecular weight is 350 g/mol. The zero-order chi connectivity index (χ0) is 17.8. The van der Waals surface area contributed by atoms with Gasteiger partial charge in [-0.3, -0.25) is 0 Å². The van der Waals surface area contributed by atoms with Crippen LogP contribution >= 0.6 is 11.8 Å². The third-order valence-corrected chi connectivity index (χ3v) is 3.62. The van der Waals surface area contributed by atoms with E-state index in [9.17, 15) is 10.1 Å². The molecule has 1 unspecified atom stereocenters. The molecule has 1 N–H and O–H groups in total. The van der Waals surface area contributed by atoms with Crippen molar-refractivity contribution in [2.45, 2.75) is 13.0 Å². The van der Waals surface area contributed by atoms with Crippen LogP contribution in [0.25, 0.3) is 0 Å². The molecule has 1 aromatic carbocycles. The fourth-order valence-corrected chi connectivity index (χ4v) is 2.37. The van der Waals surface area contributed by atoms with Crippen molar-refractivity contribution in [3.8, 4) is 11.8 Å². The van der Waals surface area contributed by atoms with Crippen molar-refractivity contribution in [1.82, 2.24) is 5.32 Å². The van der Waals surface area contributed by atoms with Crippen molar-refractivity contribution in [2.75, 3.05) is 33.2 Å². The molecule has 0 radical (unpaired) electrons. The molecule has 0 saturated heterocycles. The second kappa shape index (κ2) is 11.4. The van der Waals surface area contributed by atoms with E-state index in [4.69, 9.17) is 14.2 Å². The van der Waals surface area contributed by atoms with Gasteiger partial charge in [-0.1, -0.05) is 18.2 Å². The first-order chi connectivity index (χ1) is 11.6. The fraction of sp³-hybridized carbons (Fsp3) is 0.412. The average Bonchev–Trinajstić information content (AvgIpc) is 2.60. The summed E-state index contributed by atoms with van der Waals surface area (Å²) < 4.78 is 15.5. The van der Waals surface area contributed by atoms with E-state index < -0.39 is 5.97 Å². The summed E-state index contributed by atoms with van der Waals surface area (Å²) in [6.45, 7) is 2.69. The van der Waals surface area contributed by atoms with Crippen LogP contribution in [0, 0.1) is 11.3 Å². The maximum atomic E-state index is 12.0. The second-order valence-electron chi connectivity index (χ2n) is 4.82. The molecular formula is C17H22N2O4S. The summed E-state index contributed by atoms with van der Waals surface area (Å²) in [5, 5.41) is 12.8. The summed E-state index contributed by atoms with van der Waals surface area (Å²) in [6, 6.07) is 11.2. The van der Waals surface area contributed by atoms with E-state index in [1.807, 2.05) is 43.3 Å². The van der Waals surface area contributed by atoms with Gasteiger partial charge in [0.15, 0.2) is 5.57 Å². The first kappa shape index (κ1) is 19.9. The molecule has 0 aliphatic heterocycles. The maximum absolute atomic E-state index is 12.0. The number of carbonyl (C=O) groups excluding carboxylic acids is 1. The summed E-state index contributed by atoms with van der Waals surface area (Å²) in [7, 11) is 1.51. The zero-order valence-electron chi connectivity index (χ0n) is 14.1. The number of ether oxygens (including phenoxy) is 3. The molecule has 0 bridgehead atoms. The van der Waals surface area contributed by atoms with Gasteiger partial charge in [0.2, 0.25) is 0 Å². The topological polar surface area (TPSA) is 80.6 Å². The molecule has 0 aliphatic rings. The molecule has 0 heterocycles. The number of rotatable bonds is 10. The number of carbonyl (C=O) groups is 1. The van der Waals surface area contributed by atoms with E-state index in [0.717, 1.165) is 5.75 Å². The van der Waals surface area contributed by atoms with Crippen molar-refractivity contribution < 1.29 is 19.0 Å². The minimum Gasteiger partial charge on any atom is -0.491 e. The van der Waals surface area contributed by atoms with Crippen molar-refractivity contribution >= 4 is 17.7 Å². The van der Waals surface area contributed by atoms with Crippen LogP contribution in [0.3, 0.4) is 0 Å². The van der Waals surface area contributed by atoms with Gasteiger partial charge < -0.3 is 19.5 Å². The van der Waals surface area contributed by atoms with Crippen LogP contribution in [-0.4, -0.2) is 45.2 Å². The number of para-hydroxylation sites is 1. The Balaban J connectivity index is 2.64. The molecule has 0 spiro atoms. The number of nitriles is 1. The Morgan fingerprint density at radius 1 is 1.33 bits per heavy atom. The van der Waals surface area contributed by atoms with Crippen LogP contribution in [-0.2, 0) is 14.3 Å². The Kier molecular flexibility index (Phi) is 9.42. The third-order valence-electron chi connectivity index (χ3n) is 2.89. The molecule has 6 nitrogen and oxygen atoms in total. The van der Waals surface area contributed by atoms with Crippen LogP contribution in [0.5, 0.6) is 5.75 Å². The highest BCUT2D eigenvalue weighted by atomic mass is 32.2. The molecule has 130 valence electrons. The molecule has 0 fully saturated rings. The normalized spacial score (nSPS) is 12.6. The number of thioether (sulfide) groups is 1. The summed E-state index contributed by atoms with van der Waals surface area (Å²) in [5.41, 5.74) is -0.0508. The van der Waals surface area contributed by atoms with Crippen molar-refractivity contribution in [2.24, 2.45) is 0 Å². The highest BCUT2D eigenvalue weighted by Crippen LogP contribution is 2.16. The van der Waals surface area contributed by atoms with Gasteiger partial charge in [0.05, 0.1) is 17.7 Å². The highest BCUT2D eigenvalue weighted by molar-refractivity contribution is 8.02. The molecule has 0 aromatic heterocycles. The van der Waals surface area contributed by atoms with Gasteiger partial charge in [-0.2, -0.15) is 5.26 Å². The molecule has 1 atom stereocenters. The molecule has 24 heavy (non-hydrogen) atoms. The van der Waals surface area contributed by atoms with Crippen LogP contribution < -0.4 is 10.1 Å². The molecule has 0 aliphatic carbocycles. The van der Waals surface area contributed by atoms with Gasteiger partial charge >= 0.3 is 5.97 Å². The van der Waals surface area contributed by atoms with Crippen molar-refractivity contribution in [1.29, 1.82) is 5.26 Å². The molecule has 7 heteroatoms. The lowest BCUT2D eigenvalue weighted by Gasteiger charge is -2.18. The lowest BCUT2D eigenvalue weighted by molar-refractivity contribution is -0.139. The SMILES string of the molecule is COCCOC(=O)/C(C#N)=C(\NC(C)COc1ccccc1)SC.